The summed E-state index contributed by atoms with van der Waals surface area (Å²) >= 11 is 0. The van der Waals surface area contributed by atoms with Gasteiger partial charge in [0.15, 0.2) is 0 Å². The Morgan fingerprint density at radius 1 is 0.897 bits per heavy atom. The van der Waals surface area contributed by atoms with Gasteiger partial charge in [-0.3, -0.25) is 10.1 Å². The van der Waals surface area contributed by atoms with Crippen molar-refractivity contribution in [2.24, 2.45) is 5.14 Å². The Labute approximate surface area is 169 Å². The lowest BCUT2D eigenvalue weighted by molar-refractivity contribution is 0.598. The van der Waals surface area contributed by atoms with Crippen LogP contribution in [0.2, 0.25) is 0 Å². The molecular formula is C22H20N4O2S. The molecule has 2 aromatic carbocycles. The molecule has 0 spiro atoms. The predicted octanol–water partition coefficient (Wildman–Crippen LogP) is 4.07. The number of aromatic nitrogens is 3. The number of pyridine rings is 1. The Morgan fingerprint density at radius 2 is 1.62 bits per heavy atom. The molecule has 2 heterocycles. The van der Waals surface area contributed by atoms with Crippen LogP contribution < -0.4 is 5.14 Å². The smallest absolute Gasteiger partial charge is 0.238 e. The van der Waals surface area contributed by atoms with Gasteiger partial charge in [-0.25, -0.2) is 13.6 Å². The van der Waals surface area contributed by atoms with Gasteiger partial charge in [0.1, 0.15) is 5.69 Å². The Morgan fingerprint density at radius 3 is 2.31 bits per heavy atom. The lowest BCUT2D eigenvalue weighted by Gasteiger charge is -2.11. The van der Waals surface area contributed by atoms with Gasteiger partial charge in [0.2, 0.25) is 10.0 Å². The summed E-state index contributed by atoms with van der Waals surface area (Å²) in [5.74, 6) is 0. The van der Waals surface area contributed by atoms with Gasteiger partial charge in [0, 0.05) is 29.2 Å². The first kappa shape index (κ1) is 19.0. The molecule has 4 aromatic rings. The first-order valence-electron chi connectivity index (χ1n) is 9.04. The summed E-state index contributed by atoms with van der Waals surface area (Å²) in [6, 6.07) is 16.6. The van der Waals surface area contributed by atoms with Crippen molar-refractivity contribution in [1.82, 2.24) is 15.2 Å². The Kier molecular flexibility index (Phi) is 4.77. The van der Waals surface area contributed by atoms with E-state index in [1.165, 1.54) is 6.07 Å². The number of nitrogens with zero attached hydrogens (tertiary/aromatic N) is 2. The minimum Gasteiger partial charge on any atom is -0.282 e. The molecule has 6 nitrogen and oxygen atoms in total. The number of hydrogen-bond donors (Lipinski definition) is 2. The fourth-order valence-electron chi connectivity index (χ4n) is 3.45. The molecule has 0 aliphatic carbocycles. The molecular weight excluding hydrogens is 384 g/mol. The predicted molar refractivity (Wildman–Crippen MR) is 114 cm³/mol. The molecule has 146 valence electrons. The van der Waals surface area contributed by atoms with Gasteiger partial charge in [-0.15, -0.1) is 0 Å². The van der Waals surface area contributed by atoms with E-state index < -0.39 is 10.0 Å². The van der Waals surface area contributed by atoms with Crippen LogP contribution in [0.15, 0.2) is 71.9 Å². The third kappa shape index (κ3) is 3.70. The molecule has 0 aliphatic rings. The third-order valence-corrected chi connectivity index (χ3v) is 5.80. The monoisotopic (exact) mass is 404 g/mol. The van der Waals surface area contributed by atoms with E-state index >= 15 is 0 Å². The number of aromatic amines is 1. The van der Waals surface area contributed by atoms with Crippen molar-refractivity contribution in [3.05, 3.63) is 78.2 Å². The highest BCUT2D eigenvalue weighted by Crippen LogP contribution is 2.36. The minimum absolute atomic E-state index is 0.0994. The zero-order valence-corrected chi connectivity index (χ0v) is 16.9. The van der Waals surface area contributed by atoms with Crippen molar-refractivity contribution in [3.8, 4) is 33.5 Å². The minimum atomic E-state index is -3.75. The molecule has 0 aliphatic heterocycles. The first-order valence-corrected chi connectivity index (χ1v) is 10.6. The topological polar surface area (TPSA) is 102 Å². The van der Waals surface area contributed by atoms with Crippen LogP contribution in [-0.2, 0) is 10.0 Å². The van der Waals surface area contributed by atoms with Gasteiger partial charge in [0.25, 0.3) is 0 Å². The Bertz CT molecular complexity index is 1300. The zero-order valence-electron chi connectivity index (χ0n) is 16.0. The molecule has 0 fully saturated rings. The molecule has 4 rings (SSSR count). The standard InChI is InChI=1S/C22H20N4O2S/c1-14-12-18(17-4-3-5-19(13-17)29(23,27)28)6-7-20(14)21-15(2)25-26-22(21)16-8-10-24-11-9-16/h3-13H,1-2H3,(H,25,26)(H2,23,27,28). The molecule has 2 aromatic heterocycles. The van der Waals surface area contributed by atoms with Gasteiger partial charge >= 0.3 is 0 Å². The van der Waals surface area contributed by atoms with Crippen molar-refractivity contribution in [2.45, 2.75) is 18.7 Å². The van der Waals surface area contributed by atoms with Crippen molar-refractivity contribution in [2.75, 3.05) is 0 Å². The molecule has 0 bridgehead atoms. The average Bonchev–Trinajstić information content (AvgIpc) is 3.09. The second kappa shape index (κ2) is 7.27. The summed E-state index contributed by atoms with van der Waals surface area (Å²) in [7, 11) is -3.75. The van der Waals surface area contributed by atoms with Gasteiger partial charge in [-0.05, 0) is 60.4 Å². The van der Waals surface area contributed by atoms with Crippen molar-refractivity contribution >= 4 is 10.0 Å². The molecule has 0 saturated carbocycles. The van der Waals surface area contributed by atoms with Gasteiger partial charge in [0.05, 0.1) is 4.90 Å². The molecule has 0 saturated heterocycles. The van der Waals surface area contributed by atoms with Crippen molar-refractivity contribution in [3.63, 3.8) is 0 Å². The van der Waals surface area contributed by atoms with E-state index in [2.05, 4.69) is 15.2 Å². The molecule has 29 heavy (non-hydrogen) atoms. The summed E-state index contributed by atoms with van der Waals surface area (Å²) in [6.07, 6.45) is 3.50. The third-order valence-electron chi connectivity index (χ3n) is 4.89. The Hall–Kier alpha value is -3.29. The summed E-state index contributed by atoms with van der Waals surface area (Å²) in [5, 5.41) is 12.8. The van der Waals surface area contributed by atoms with Gasteiger partial charge < -0.3 is 0 Å². The van der Waals surface area contributed by atoms with Crippen molar-refractivity contribution < 1.29 is 8.42 Å². The average molecular weight is 404 g/mol. The fourth-order valence-corrected chi connectivity index (χ4v) is 4.01. The van der Waals surface area contributed by atoms with Crippen LogP contribution in [0.5, 0.6) is 0 Å². The van der Waals surface area contributed by atoms with E-state index in [0.29, 0.717) is 0 Å². The number of nitrogens with two attached hydrogens (primary N) is 1. The van der Waals surface area contributed by atoms with E-state index in [1.807, 2.05) is 50.2 Å². The van der Waals surface area contributed by atoms with Crippen LogP contribution in [0.3, 0.4) is 0 Å². The normalized spacial score (nSPS) is 11.6. The molecule has 3 N–H and O–H groups in total. The van der Waals surface area contributed by atoms with Crippen LogP contribution in [0, 0.1) is 13.8 Å². The molecule has 0 unspecified atom stereocenters. The summed E-state index contributed by atoms with van der Waals surface area (Å²) in [5.41, 5.74) is 7.72. The SMILES string of the molecule is Cc1cc(-c2cccc(S(N)(=O)=O)c2)ccc1-c1c(-c2ccncc2)n[nH]c1C. The molecule has 0 atom stereocenters. The van der Waals surface area contributed by atoms with Gasteiger partial charge in [-0.1, -0.05) is 30.3 Å². The van der Waals surface area contributed by atoms with Crippen LogP contribution in [0.1, 0.15) is 11.3 Å². The van der Waals surface area contributed by atoms with E-state index in [0.717, 1.165) is 44.8 Å². The molecule has 0 radical (unpaired) electrons. The zero-order chi connectivity index (χ0) is 20.6. The number of H-pyrrole nitrogens is 1. The lowest BCUT2D eigenvalue weighted by atomic mass is 9.93. The van der Waals surface area contributed by atoms with Crippen LogP contribution in [0.4, 0.5) is 0 Å². The highest BCUT2D eigenvalue weighted by Gasteiger charge is 2.17. The lowest BCUT2D eigenvalue weighted by Crippen LogP contribution is -2.11. The number of rotatable bonds is 4. The molecule has 7 heteroatoms. The fraction of sp³-hybridized carbons (Fsp3) is 0.0909. The highest BCUT2D eigenvalue weighted by molar-refractivity contribution is 7.89. The molecule has 0 amide bonds. The number of sulfonamides is 1. The summed E-state index contributed by atoms with van der Waals surface area (Å²) in [4.78, 5) is 4.18. The van der Waals surface area contributed by atoms with E-state index in [9.17, 15) is 8.42 Å². The first-order chi connectivity index (χ1) is 13.8. The van der Waals surface area contributed by atoms with Crippen LogP contribution in [0.25, 0.3) is 33.5 Å². The van der Waals surface area contributed by atoms with Gasteiger partial charge in [-0.2, -0.15) is 5.10 Å². The summed E-state index contributed by atoms with van der Waals surface area (Å²) in [6.45, 7) is 4.03. The number of benzene rings is 2. The number of primary sulfonamides is 1. The summed E-state index contributed by atoms with van der Waals surface area (Å²) < 4.78 is 23.3. The van der Waals surface area contributed by atoms with E-state index in [1.54, 1.807) is 24.5 Å². The van der Waals surface area contributed by atoms with Crippen molar-refractivity contribution in [1.29, 1.82) is 0 Å². The van der Waals surface area contributed by atoms with Crippen LogP contribution in [-0.4, -0.2) is 23.6 Å². The maximum atomic E-state index is 11.7. The van der Waals surface area contributed by atoms with Crippen LogP contribution >= 0.6 is 0 Å². The van der Waals surface area contributed by atoms with E-state index in [-0.39, 0.29) is 4.90 Å². The number of hydrogen-bond acceptors (Lipinski definition) is 4. The second-order valence-corrected chi connectivity index (χ2v) is 8.47. The van der Waals surface area contributed by atoms with E-state index in [4.69, 9.17) is 5.14 Å². The maximum Gasteiger partial charge on any atom is 0.238 e. The maximum absolute atomic E-state index is 11.7. The quantitative estimate of drug-likeness (QED) is 0.535. The number of nitrogens with one attached hydrogen (secondary N) is 1. The number of aryl methyl sites for hydroxylation is 2. The second-order valence-electron chi connectivity index (χ2n) is 6.91. The largest absolute Gasteiger partial charge is 0.282 e. The Balaban J connectivity index is 1.80. The highest BCUT2D eigenvalue weighted by atomic mass is 32.2.